The second-order valence-electron chi connectivity index (χ2n) is 15.7. The summed E-state index contributed by atoms with van der Waals surface area (Å²) in [4.78, 5) is 10.7. The van der Waals surface area contributed by atoms with Gasteiger partial charge in [-0.2, -0.15) is 0 Å². The number of aromatic nitrogens is 2. The van der Waals surface area contributed by atoms with E-state index in [9.17, 15) is 0 Å². The highest BCUT2D eigenvalue weighted by molar-refractivity contribution is 6.06. The van der Waals surface area contributed by atoms with Gasteiger partial charge in [0.2, 0.25) is 0 Å². The number of hydrogen-bond donors (Lipinski definition) is 0. The smallest absolute Gasteiger partial charge is 0.161 e. The minimum atomic E-state index is -0.0792. The Morgan fingerprint density at radius 2 is 0.895 bits per heavy atom. The lowest BCUT2D eigenvalue weighted by Gasteiger charge is -2.22. The Hall–Kier alpha value is -7.16. The van der Waals surface area contributed by atoms with Gasteiger partial charge in [0.15, 0.2) is 5.82 Å². The molecule has 0 N–H and O–H groups in total. The molecule has 57 heavy (non-hydrogen) atoms. The molecule has 0 fully saturated rings. The molecule has 0 saturated heterocycles. The van der Waals surface area contributed by atoms with Gasteiger partial charge < -0.3 is 0 Å². The molecule has 0 amide bonds. The molecule has 268 valence electrons. The third-order valence-electron chi connectivity index (χ3n) is 12.1. The van der Waals surface area contributed by atoms with E-state index < -0.39 is 0 Å². The summed E-state index contributed by atoms with van der Waals surface area (Å²) < 4.78 is 0. The van der Waals surface area contributed by atoms with Gasteiger partial charge in [0.25, 0.3) is 0 Å². The van der Waals surface area contributed by atoms with E-state index in [0.717, 1.165) is 39.0 Å². The average Bonchev–Trinajstić information content (AvgIpc) is 3.49. The van der Waals surface area contributed by atoms with Crippen LogP contribution in [0.2, 0.25) is 0 Å². The maximum Gasteiger partial charge on any atom is 0.161 e. The highest BCUT2D eigenvalue weighted by Gasteiger charge is 2.36. The van der Waals surface area contributed by atoms with Gasteiger partial charge in [0.1, 0.15) is 0 Å². The zero-order valence-electron chi connectivity index (χ0n) is 31.9. The summed E-state index contributed by atoms with van der Waals surface area (Å²) in [6, 6.07) is 70.1. The normalized spacial score (nSPS) is 12.9. The Labute approximate surface area is 332 Å². The van der Waals surface area contributed by atoms with E-state index in [1.54, 1.807) is 0 Å². The van der Waals surface area contributed by atoms with Crippen molar-refractivity contribution >= 4 is 32.3 Å². The van der Waals surface area contributed by atoms with Crippen LogP contribution in [-0.2, 0) is 5.41 Å². The van der Waals surface area contributed by atoms with Crippen LogP contribution in [0.3, 0.4) is 0 Å². The monoisotopic (exact) mass is 726 g/mol. The molecule has 1 aromatic heterocycles. The highest BCUT2D eigenvalue weighted by atomic mass is 14.9. The largest absolute Gasteiger partial charge is 0.228 e. The van der Waals surface area contributed by atoms with E-state index in [1.165, 1.54) is 65.9 Å². The zero-order chi connectivity index (χ0) is 38.1. The Morgan fingerprint density at radius 1 is 0.316 bits per heavy atom. The van der Waals surface area contributed by atoms with Crippen molar-refractivity contribution in [1.82, 2.24) is 9.97 Å². The van der Waals surface area contributed by atoms with Crippen LogP contribution in [0, 0.1) is 0 Å². The molecule has 1 heterocycles. The summed E-state index contributed by atoms with van der Waals surface area (Å²) in [6.07, 6.45) is 0. The van der Waals surface area contributed by atoms with Gasteiger partial charge in [-0.15, -0.1) is 0 Å². The molecule has 0 aliphatic heterocycles. The fourth-order valence-corrected chi connectivity index (χ4v) is 9.21. The van der Waals surface area contributed by atoms with Crippen molar-refractivity contribution in [2.24, 2.45) is 0 Å². The molecule has 11 rings (SSSR count). The van der Waals surface area contributed by atoms with Crippen LogP contribution < -0.4 is 0 Å². The third kappa shape index (κ3) is 5.40. The molecule has 10 aromatic rings. The molecule has 1 aliphatic carbocycles. The van der Waals surface area contributed by atoms with E-state index in [-0.39, 0.29) is 5.41 Å². The summed E-state index contributed by atoms with van der Waals surface area (Å²) in [7, 11) is 0. The second-order valence-corrected chi connectivity index (χ2v) is 15.7. The lowest BCUT2D eigenvalue weighted by molar-refractivity contribution is 0.661. The first kappa shape index (κ1) is 33.2. The van der Waals surface area contributed by atoms with Crippen molar-refractivity contribution in [2.45, 2.75) is 19.3 Å². The quantitative estimate of drug-likeness (QED) is 0.176. The van der Waals surface area contributed by atoms with Gasteiger partial charge in [-0.25, -0.2) is 9.97 Å². The maximum absolute atomic E-state index is 5.42. The number of benzene rings is 9. The third-order valence-corrected chi connectivity index (χ3v) is 12.1. The molecule has 0 atom stereocenters. The topological polar surface area (TPSA) is 25.8 Å². The minimum absolute atomic E-state index is 0.0792. The van der Waals surface area contributed by atoms with Crippen LogP contribution in [-0.4, -0.2) is 9.97 Å². The van der Waals surface area contributed by atoms with Crippen molar-refractivity contribution in [3.8, 4) is 67.3 Å². The Morgan fingerprint density at radius 3 is 1.70 bits per heavy atom. The molecular weight excluding hydrogens is 689 g/mol. The minimum Gasteiger partial charge on any atom is -0.228 e. The molecule has 2 heteroatoms. The Balaban J connectivity index is 1.09. The standard InChI is InChI=1S/C55H38N2/c1-55(2)50-30-27-39(32-48(50)49-31-37-18-6-7-19-38(37)33-51(49)55)41-28-29-47(45-24-11-10-22-42(41)45)54-56-52(36-16-4-3-5-17-36)34-53(57-54)46-25-13-12-23-44(46)43-26-14-20-35-15-8-9-21-40(35)43/h3-34H,1-2H3. The Kier molecular flexibility index (Phi) is 7.55. The van der Waals surface area contributed by atoms with Gasteiger partial charge in [0, 0.05) is 22.1 Å². The predicted molar refractivity (Wildman–Crippen MR) is 239 cm³/mol. The lowest BCUT2D eigenvalue weighted by atomic mass is 9.81. The van der Waals surface area contributed by atoms with Crippen molar-refractivity contribution in [2.75, 3.05) is 0 Å². The fourth-order valence-electron chi connectivity index (χ4n) is 9.21. The van der Waals surface area contributed by atoms with E-state index in [1.807, 2.05) is 0 Å². The van der Waals surface area contributed by atoms with E-state index in [2.05, 4.69) is 208 Å². The van der Waals surface area contributed by atoms with Crippen LogP contribution in [0.4, 0.5) is 0 Å². The Bertz CT molecular complexity index is 3210. The number of fused-ring (bicyclic) bond motifs is 6. The molecule has 0 bridgehead atoms. The summed E-state index contributed by atoms with van der Waals surface area (Å²) in [5.41, 5.74) is 15.0. The van der Waals surface area contributed by atoms with Gasteiger partial charge in [-0.1, -0.05) is 178 Å². The lowest BCUT2D eigenvalue weighted by Crippen LogP contribution is -2.14. The molecule has 0 radical (unpaired) electrons. The summed E-state index contributed by atoms with van der Waals surface area (Å²) in [6.45, 7) is 4.71. The summed E-state index contributed by atoms with van der Waals surface area (Å²) >= 11 is 0. The average molecular weight is 727 g/mol. The number of nitrogens with zero attached hydrogens (tertiary/aromatic N) is 2. The molecular formula is C55H38N2. The molecule has 9 aromatic carbocycles. The summed E-state index contributed by atoms with van der Waals surface area (Å²) in [5.74, 6) is 0.707. The number of hydrogen-bond acceptors (Lipinski definition) is 2. The SMILES string of the molecule is CC1(C)c2ccc(-c3ccc(-c4nc(-c5ccccc5)cc(-c5ccccc5-c5cccc6ccccc56)n4)c4ccccc34)cc2-c2cc3ccccc3cc21. The van der Waals surface area contributed by atoms with Crippen LogP contribution in [0.5, 0.6) is 0 Å². The second kappa shape index (κ2) is 13.0. The maximum atomic E-state index is 5.42. The van der Waals surface area contributed by atoms with Crippen LogP contribution in [0.1, 0.15) is 25.0 Å². The molecule has 0 saturated carbocycles. The molecule has 0 spiro atoms. The van der Waals surface area contributed by atoms with Crippen molar-refractivity contribution in [3.63, 3.8) is 0 Å². The van der Waals surface area contributed by atoms with Crippen molar-refractivity contribution in [3.05, 3.63) is 205 Å². The van der Waals surface area contributed by atoms with E-state index in [0.29, 0.717) is 5.82 Å². The van der Waals surface area contributed by atoms with E-state index in [4.69, 9.17) is 9.97 Å². The zero-order valence-corrected chi connectivity index (χ0v) is 31.9. The van der Waals surface area contributed by atoms with Crippen LogP contribution in [0.25, 0.3) is 99.6 Å². The number of rotatable bonds is 5. The van der Waals surface area contributed by atoms with E-state index >= 15 is 0 Å². The first-order valence-corrected chi connectivity index (χ1v) is 19.7. The predicted octanol–water partition coefficient (Wildman–Crippen LogP) is 14.6. The molecule has 1 aliphatic rings. The van der Waals surface area contributed by atoms with Gasteiger partial charge in [-0.3, -0.25) is 0 Å². The fraction of sp³-hybridized carbons (Fsp3) is 0.0545. The molecule has 2 nitrogen and oxygen atoms in total. The van der Waals surface area contributed by atoms with Crippen LogP contribution >= 0.6 is 0 Å². The highest BCUT2D eigenvalue weighted by Crippen LogP contribution is 2.51. The first-order chi connectivity index (χ1) is 28.0. The van der Waals surface area contributed by atoms with Crippen molar-refractivity contribution in [1.29, 1.82) is 0 Å². The van der Waals surface area contributed by atoms with Crippen molar-refractivity contribution < 1.29 is 0 Å². The summed E-state index contributed by atoms with van der Waals surface area (Å²) in [5, 5.41) is 7.31. The first-order valence-electron chi connectivity index (χ1n) is 19.7. The van der Waals surface area contributed by atoms with Crippen LogP contribution in [0.15, 0.2) is 194 Å². The van der Waals surface area contributed by atoms with Gasteiger partial charge in [-0.05, 0) is 107 Å². The molecule has 0 unspecified atom stereocenters. The van der Waals surface area contributed by atoms with Gasteiger partial charge in [0.05, 0.1) is 11.4 Å². The van der Waals surface area contributed by atoms with Gasteiger partial charge >= 0.3 is 0 Å².